The largest absolute Gasteiger partial charge is 0.396 e. The van der Waals surface area contributed by atoms with Crippen LogP contribution in [0.5, 0.6) is 0 Å². The highest BCUT2D eigenvalue weighted by molar-refractivity contribution is 7.99. The Labute approximate surface area is 104 Å². The lowest BCUT2D eigenvalue weighted by Crippen LogP contribution is -2.16. The van der Waals surface area contributed by atoms with E-state index in [-0.39, 0.29) is 5.78 Å². The molecule has 0 amide bonds. The van der Waals surface area contributed by atoms with Crippen molar-refractivity contribution < 1.29 is 4.79 Å². The van der Waals surface area contributed by atoms with E-state index in [1.807, 2.05) is 6.26 Å². The maximum absolute atomic E-state index is 11.5. The second kappa shape index (κ2) is 4.67. The Kier molecular flexibility index (Phi) is 3.44. The minimum Gasteiger partial charge on any atom is -0.396 e. The third-order valence-corrected chi connectivity index (χ3v) is 5.12. The molecule has 2 N–H and O–H groups in total. The zero-order valence-corrected chi connectivity index (χ0v) is 11.2. The van der Waals surface area contributed by atoms with E-state index in [0.29, 0.717) is 10.6 Å². The van der Waals surface area contributed by atoms with Gasteiger partial charge in [0.15, 0.2) is 5.78 Å². The molecule has 88 valence electrons. The first-order chi connectivity index (χ1) is 7.65. The molecule has 5 heteroatoms. The third-order valence-electron chi connectivity index (χ3n) is 2.80. The monoisotopic (exact) mass is 256 g/mol. The van der Waals surface area contributed by atoms with Gasteiger partial charge in [0.2, 0.25) is 0 Å². The average molecular weight is 256 g/mol. The standard InChI is InChI=1S/C11H16N2OS2/c1-7(14)9-8(12)10(15-2)11(16-9)13-5-3-4-6-13/h3-6,12H2,1-2H3. The fourth-order valence-corrected chi connectivity index (χ4v) is 4.13. The van der Waals surface area contributed by atoms with Crippen LogP contribution in [0.15, 0.2) is 4.90 Å². The summed E-state index contributed by atoms with van der Waals surface area (Å²) in [6.07, 6.45) is 4.49. The number of Topliss-reactive ketones (excluding diaryl/α,β-unsaturated/α-hetero) is 1. The van der Waals surface area contributed by atoms with Crippen molar-refractivity contribution in [1.29, 1.82) is 0 Å². The number of hydrogen-bond acceptors (Lipinski definition) is 5. The summed E-state index contributed by atoms with van der Waals surface area (Å²) in [4.78, 5) is 15.6. The van der Waals surface area contributed by atoms with Gasteiger partial charge in [-0.2, -0.15) is 0 Å². The van der Waals surface area contributed by atoms with Crippen LogP contribution in [0.25, 0.3) is 0 Å². The van der Waals surface area contributed by atoms with E-state index < -0.39 is 0 Å². The van der Waals surface area contributed by atoms with E-state index in [0.717, 1.165) is 18.0 Å². The van der Waals surface area contributed by atoms with Crippen LogP contribution in [-0.4, -0.2) is 25.1 Å². The van der Waals surface area contributed by atoms with E-state index >= 15 is 0 Å². The van der Waals surface area contributed by atoms with E-state index in [4.69, 9.17) is 5.73 Å². The summed E-state index contributed by atoms with van der Waals surface area (Å²) in [7, 11) is 0. The number of rotatable bonds is 3. The molecule has 0 aromatic carbocycles. The van der Waals surface area contributed by atoms with Crippen LogP contribution in [0.1, 0.15) is 29.4 Å². The van der Waals surface area contributed by atoms with Crippen molar-refractivity contribution in [2.24, 2.45) is 0 Å². The van der Waals surface area contributed by atoms with Crippen LogP contribution in [0.2, 0.25) is 0 Å². The molecule has 1 aromatic rings. The fourth-order valence-electron chi connectivity index (χ4n) is 2.00. The minimum absolute atomic E-state index is 0.0725. The summed E-state index contributed by atoms with van der Waals surface area (Å²) >= 11 is 3.19. The van der Waals surface area contributed by atoms with E-state index in [1.54, 1.807) is 30.0 Å². The van der Waals surface area contributed by atoms with Crippen LogP contribution in [0, 0.1) is 0 Å². The van der Waals surface area contributed by atoms with Crippen LogP contribution < -0.4 is 10.6 Å². The van der Waals surface area contributed by atoms with Crippen molar-refractivity contribution in [2.75, 3.05) is 30.0 Å². The molecule has 3 nitrogen and oxygen atoms in total. The van der Waals surface area contributed by atoms with E-state index in [9.17, 15) is 4.79 Å². The Morgan fingerprint density at radius 3 is 2.56 bits per heavy atom. The first-order valence-corrected chi connectivity index (χ1v) is 7.41. The van der Waals surface area contributed by atoms with Gasteiger partial charge in [0, 0.05) is 20.0 Å². The molecule has 0 atom stereocenters. The number of ketones is 1. The number of anilines is 2. The van der Waals surface area contributed by atoms with Gasteiger partial charge < -0.3 is 10.6 Å². The lowest BCUT2D eigenvalue weighted by Gasteiger charge is -2.16. The van der Waals surface area contributed by atoms with Crippen molar-refractivity contribution in [3.05, 3.63) is 4.88 Å². The van der Waals surface area contributed by atoms with Crippen molar-refractivity contribution in [3.63, 3.8) is 0 Å². The molecule has 1 aliphatic heterocycles. The third kappa shape index (κ3) is 1.94. The van der Waals surface area contributed by atoms with Gasteiger partial charge in [0.25, 0.3) is 0 Å². The molecule has 0 unspecified atom stereocenters. The molecule has 0 bridgehead atoms. The van der Waals surface area contributed by atoms with Crippen molar-refractivity contribution >= 4 is 39.6 Å². The molecule has 0 spiro atoms. The second-order valence-corrected chi connectivity index (χ2v) is 5.75. The number of nitrogen functional groups attached to an aromatic ring is 1. The highest BCUT2D eigenvalue weighted by Gasteiger charge is 2.23. The van der Waals surface area contributed by atoms with E-state index in [2.05, 4.69) is 4.90 Å². The first-order valence-electron chi connectivity index (χ1n) is 5.37. The summed E-state index contributed by atoms with van der Waals surface area (Å²) in [6, 6.07) is 0. The maximum atomic E-state index is 11.5. The smallest absolute Gasteiger partial charge is 0.171 e. The Hall–Kier alpha value is -0.680. The molecule has 16 heavy (non-hydrogen) atoms. The molecule has 1 aliphatic rings. The molecule has 0 radical (unpaired) electrons. The van der Waals surface area contributed by atoms with Crippen molar-refractivity contribution in [3.8, 4) is 0 Å². The topological polar surface area (TPSA) is 46.3 Å². The summed E-state index contributed by atoms with van der Waals surface area (Å²) in [5.74, 6) is 0.0725. The maximum Gasteiger partial charge on any atom is 0.171 e. The summed E-state index contributed by atoms with van der Waals surface area (Å²) in [5.41, 5.74) is 6.70. The van der Waals surface area contributed by atoms with Crippen molar-refractivity contribution in [2.45, 2.75) is 24.7 Å². The molecule has 1 aromatic heterocycles. The average Bonchev–Trinajstić information content (AvgIpc) is 2.83. The Morgan fingerprint density at radius 1 is 1.44 bits per heavy atom. The number of hydrogen-bond donors (Lipinski definition) is 1. The molecule has 2 heterocycles. The number of carbonyl (C=O) groups excluding carboxylic acids is 1. The van der Waals surface area contributed by atoms with Crippen LogP contribution >= 0.6 is 23.1 Å². The normalized spacial score (nSPS) is 15.8. The van der Waals surface area contributed by atoms with Gasteiger partial charge >= 0.3 is 0 Å². The number of carbonyl (C=O) groups is 1. The van der Waals surface area contributed by atoms with Gasteiger partial charge in [-0.1, -0.05) is 0 Å². The lowest BCUT2D eigenvalue weighted by molar-refractivity contribution is 0.102. The van der Waals surface area contributed by atoms with E-state index in [1.165, 1.54) is 17.8 Å². The van der Waals surface area contributed by atoms with Gasteiger partial charge in [-0.25, -0.2) is 0 Å². The fraction of sp³-hybridized carbons (Fsp3) is 0.545. The van der Waals surface area contributed by atoms with Crippen LogP contribution in [0.4, 0.5) is 10.7 Å². The minimum atomic E-state index is 0.0725. The van der Waals surface area contributed by atoms with Crippen LogP contribution in [0.3, 0.4) is 0 Å². The SMILES string of the molecule is CSc1c(N2CCCC2)sc(C(C)=O)c1N. The lowest BCUT2D eigenvalue weighted by atomic mass is 10.3. The predicted molar refractivity (Wildman–Crippen MR) is 72.0 cm³/mol. The van der Waals surface area contributed by atoms with Gasteiger partial charge in [-0.3, -0.25) is 4.79 Å². The molecule has 1 saturated heterocycles. The summed E-state index contributed by atoms with van der Waals surface area (Å²) in [6.45, 7) is 3.76. The first kappa shape index (κ1) is 11.8. The molecule has 0 saturated carbocycles. The second-order valence-electron chi connectivity index (χ2n) is 3.93. The zero-order valence-electron chi connectivity index (χ0n) is 9.58. The summed E-state index contributed by atoms with van der Waals surface area (Å²) in [5, 5.41) is 1.19. The quantitative estimate of drug-likeness (QED) is 0.667. The zero-order chi connectivity index (χ0) is 11.7. The summed E-state index contributed by atoms with van der Waals surface area (Å²) < 4.78 is 0. The highest BCUT2D eigenvalue weighted by Crippen LogP contribution is 2.44. The van der Waals surface area contributed by atoms with Gasteiger partial charge in [0.1, 0.15) is 5.00 Å². The number of thiophene rings is 1. The number of nitrogens with two attached hydrogens (primary N) is 1. The predicted octanol–water partition coefficient (Wildman–Crippen LogP) is 2.86. The van der Waals surface area contributed by atoms with Crippen molar-refractivity contribution in [1.82, 2.24) is 0 Å². The Bertz CT molecular complexity index is 408. The molecule has 0 aliphatic carbocycles. The number of thioether (sulfide) groups is 1. The molecule has 2 rings (SSSR count). The van der Waals surface area contributed by atoms with Gasteiger partial charge in [0.05, 0.1) is 15.5 Å². The Morgan fingerprint density at radius 2 is 2.06 bits per heavy atom. The molecule has 1 fully saturated rings. The molecular weight excluding hydrogens is 240 g/mol. The van der Waals surface area contributed by atoms with Gasteiger partial charge in [-0.15, -0.1) is 23.1 Å². The Balaban J connectivity index is 2.43. The number of nitrogens with zero attached hydrogens (tertiary/aromatic N) is 1. The highest BCUT2D eigenvalue weighted by atomic mass is 32.2. The van der Waals surface area contributed by atoms with Gasteiger partial charge in [-0.05, 0) is 19.1 Å². The van der Waals surface area contributed by atoms with Crippen LogP contribution in [-0.2, 0) is 0 Å². The molecular formula is C11H16N2OS2.